The Balaban J connectivity index is 1.64. The van der Waals surface area contributed by atoms with Gasteiger partial charge in [-0.25, -0.2) is 4.98 Å². The fourth-order valence-electron chi connectivity index (χ4n) is 3.24. The second-order valence-electron chi connectivity index (χ2n) is 6.21. The van der Waals surface area contributed by atoms with Crippen LogP contribution in [0.2, 0.25) is 0 Å². The number of fused-ring (bicyclic) bond motifs is 1. The third kappa shape index (κ3) is 2.67. The number of tetrazole rings is 1. The van der Waals surface area contributed by atoms with Crippen LogP contribution in [0.25, 0.3) is 44.8 Å². The lowest BCUT2D eigenvalue weighted by molar-refractivity contribution is 0.416. The highest BCUT2D eigenvalue weighted by atomic mass is 16.5. The number of benzene rings is 2. The lowest BCUT2D eigenvalue weighted by Crippen LogP contribution is -1.88. The van der Waals surface area contributed by atoms with Gasteiger partial charge in [0, 0.05) is 28.3 Å². The molecule has 0 aliphatic carbocycles. The molecule has 0 aliphatic rings. The Morgan fingerprint density at radius 3 is 2.64 bits per heavy atom. The largest absolute Gasteiger partial charge is 0.496 e. The van der Waals surface area contributed by atoms with Gasteiger partial charge < -0.3 is 4.74 Å². The van der Waals surface area contributed by atoms with Crippen LogP contribution in [0.4, 0.5) is 0 Å². The Kier molecular flexibility index (Phi) is 3.79. The molecule has 0 spiro atoms. The highest BCUT2D eigenvalue weighted by Crippen LogP contribution is 2.34. The minimum absolute atomic E-state index is 0.550. The van der Waals surface area contributed by atoms with E-state index in [1.165, 1.54) is 0 Å². The van der Waals surface area contributed by atoms with Gasteiger partial charge in [-0.2, -0.15) is 10.3 Å². The normalized spacial score (nSPS) is 11.0. The minimum atomic E-state index is 0.550. The molecule has 3 aromatic heterocycles. The molecule has 0 bridgehead atoms. The summed E-state index contributed by atoms with van der Waals surface area (Å²) in [6.07, 6.45) is 1.81. The van der Waals surface area contributed by atoms with E-state index >= 15 is 0 Å². The van der Waals surface area contributed by atoms with Crippen molar-refractivity contribution in [1.82, 2.24) is 35.8 Å². The summed E-state index contributed by atoms with van der Waals surface area (Å²) in [5, 5.41) is 22.5. The number of para-hydroxylation sites is 1. The van der Waals surface area contributed by atoms with Gasteiger partial charge in [-0.1, -0.05) is 30.3 Å². The third-order valence-corrected chi connectivity index (χ3v) is 4.59. The Morgan fingerprint density at radius 1 is 0.893 bits per heavy atom. The molecule has 2 aromatic carbocycles. The maximum Gasteiger partial charge on any atom is 0.204 e. The molecular formula is C20H15N7O. The number of hydrogen-bond acceptors (Lipinski definition) is 6. The van der Waals surface area contributed by atoms with Crippen LogP contribution in [-0.2, 0) is 0 Å². The third-order valence-electron chi connectivity index (χ3n) is 4.59. The summed E-state index contributed by atoms with van der Waals surface area (Å²) in [4.78, 5) is 4.52. The van der Waals surface area contributed by atoms with Gasteiger partial charge in [-0.3, -0.25) is 5.10 Å². The van der Waals surface area contributed by atoms with Crippen LogP contribution in [0.15, 0.2) is 60.8 Å². The number of aromatic amines is 2. The van der Waals surface area contributed by atoms with Gasteiger partial charge in [0.05, 0.1) is 12.8 Å². The second kappa shape index (κ2) is 6.58. The van der Waals surface area contributed by atoms with Crippen molar-refractivity contribution in [3.63, 3.8) is 0 Å². The summed E-state index contributed by atoms with van der Waals surface area (Å²) in [5.74, 6) is 1.33. The lowest BCUT2D eigenvalue weighted by atomic mass is 10.0. The van der Waals surface area contributed by atoms with Gasteiger partial charge in [0.2, 0.25) is 5.82 Å². The van der Waals surface area contributed by atoms with Gasteiger partial charge in [0.15, 0.2) is 5.65 Å². The van der Waals surface area contributed by atoms with Crippen molar-refractivity contribution in [3.05, 3.63) is 60.8 Å². The fraction of sp³-hybridized carbons (Fsp3) is 0.0500. The van der Waals surface area contributed by atoms with Crippen molar-refractivity contribution >= 4 is 11.0 Å². The molecule has 5 rings (SSSR count). The zero-order chi connectivity index (χ0) is 18.9. The van der Waals surface area contributed by atoms with Crippen LogP contribution in [-0.4, -0.2) is 42.9 Å². The summed E-state index contributed by atoms with van der Waals surface area (Å²) in [5.41, 5.74) is 5.31. The Morgan fingerprint density at radius 2 is 1.79 bits per heavy atom. The molecule has 0 saturated carbocycles. The van der Waals surface area contributed by atoms with E-state index in [4.69, 9.17) is 4.74 Å². The predicted molar refractivity (Wildman–Crippen MR) is 104 cm³/mol. The smallest absolute Gasteiger partial charge is 0.204 e. The van der Waals surface area contributed by atoms with Crippen molar-refractivity contribution < 1.29 is 4.74 Å². The number of nitrogens with one attached hydrogen (secondary N) is 2. The second-order valence-corrected chi connectivity index (χ2v) is 6.21. The van der Waals surface area contributed by atoms with Crippen LogP contribution in [0.3, 0.4) is 0 Å². The summed E-state index contributed by atoms with van der Waals surface area (Å²) in [7, 11) is 1.66. The Hall–Kier alpha value is -4.07. The average Bonchev–Trinajstić information content (AvgIpc) is 3.43. The maximum atomic E-state index is 5.50. The summed E-state index contributed by atoms with van der Waals surface area (Å²) < 4.78 is 5.50. The molecule has 3 heterocycles. The molecule has 0 amide bonds. The van der Waals surface area contributed by atoms with Crippen LogP contribution in [0.1, 0.15) is 0 Å². The molecule has 136 valence electrons. The molecular weight excluding hydrogens is 354 g/mol. The van der Waals surface area contributed by atoms with Crippen LogP contribution >= 0.6 is 0 Å². The standard InChI is InChI=1S/C20H15N7O/c1-28-17-8-3-2-7-15(17)18-16-10-14(11-21-20(16)23-22-18)12-5-4-6-13(9-12)19-24-26-27-25-19/h2-11H,1H3,(H,21,22,23)(H,24,25,26,27). The van der Waals surface area contributed by atoms with E-state index in [0.717, 1.165) is 39.1 Å². The molecule has 8 heteroatoms. The first kappa shape index (κ1) is 16.1. The number of methoxy groups -OCH3 is 1. The number of aromatic nitrogens is 7. The topological polar surface area (TPSA) is 105 Å². The number of H-pyrrole nitrogens is 2. The average molecular weight is 369 g/mol. The first-order valence-corrected chi connectivity index (χ1v) is 8.65. The summed E-state index contributed by atoms with van der Waals surface area (Å²) in [6, 6.07) is 17.8. The number of ether oxygens (including phenoxy) is 1. The highest BCUT2D eigenvalue weighted by molar-refractivity contribution is 5.94. The number of pyridine rings is 1. The molecule has 28 heavy (non-hydrogen) atoms. The molecule has 0 radical (unpaired) electrons. The Bertz CT molecular complexity index is 1260. The molecule has 0 aliphatic heterocycles. The van der Waals surface area contributed by atoms with Gasteiger partial charge in [0.25, 0.3) is 0 Å². The number of hydrogen-bond donors (Lipinski definition) is 2. The molecule has 0 unspecified atom stereocenters. The maximum absolute atomic E-state index is 5.50. The predicted octanol–water partition coefficient (Wildman–Crippen LogP) is 3.48. The van der Waals surface area contributed by atoms with Crippen LogP contribution in [0, 0.1) is 0 Å². The molecule has 0 atom stereocenters. The van der Waals surface area contributed by atoms with Crippen molar-refractivity contribution in [2.24, 2.45) is 0 Å². The van der Waals surface area contributed by atoms with Crippen molar-refractivity contribution in [2.45, 2.75) is 0 Å². The van der Waals surface area contributed by atoms with E-state index in [1.54, 1.807) is 7.11 Å². The highest BCUT2D eigenvalue weighted by Gasteiger charge is 2.14. The monoisotopic (exact) mass is 369 g/mol. The molecule has 8 nitrogen and oxygen atoms in total. The van der Waals surface area contributed by atoms with Crippen LogP contribution < -0.4 is 4.74 Å². The zero-order valence-electron chi connectivity index (χ0n) is 14.9. The molecule has 5 aromatic rings. The van der Waals surface area contributed by atoms with Crippen molar-refractivity contribution in [2.75, 3.05) is 7.11 Å². The fourth-order valence-corrected chi connectivity index (χ4v) is 3.24. The van der Waals surface area contributed by atoms with E-state index < -0.39 is 0 Å². The van der Waals surface area contributed by atoms with Gasteiger partial charge >= 0.3 is 0 Å². The molecule has 2 N–H and O–H groups in total. The van der Waals surface area contributed by atoms with Crippen LogP contribution in [0.5, 0.6) is 5.75 Å². The first-order chi connectivity index (χ1) is 13.8. The quantitative estimate of drug-likeness (QED) is 0.502. The minimum Gasteiger partial charge on any atom is -0.496 e. The van der Waals surface area contributed by atoms with E-state index in [2.05, 4.69) is 41.9 Å². The van der Waals surface area contributed by atoms with E-state index in [-0.39, 0.29) is 0 Å². The SMILES string of the molecule is COc1ccccc1-c1[nH]nc2ncc(-c3cccc(-c4nn[nH]n4)c3)cc12. The van der Waals surface area contributed by atoms with Crippen molar-refractivity contribution in [1.29, 1.82) is 0 Å². The number of nitrogens with zero attached hydrogens (tertiary/aromatic N) is 5. The first-order valence-electron chi connectivity index (χ1n) is 8.65. The van der Waals surface area contributed by atoms with E-state index in [1.807, 2.05) is 54.7 Å². The van der Waals surface area contributed by atoms with Gasteiger partial charge in [0.1, 0.15) is 5.75 Å². The van der Waals surface area contributed by atoms with E-state index in [0.29, 0.717) is 11.5 Å². The number of rotatable bonds is 4. The summed E-state index contributed by atoms with van der Waals surface area (Å²) in [6.45, 7) is 0. The summed E-state index contributed by atoms with van der Waals surface area (Å²) >= 11 is 0. The van der Waals surface area contributed by atoms with Gasteiger partial charge in [-0.05, 0) is 35.0 Å². The lowest BCUT2D eigenvalue weighted by Gasteiger charge is -2.07. The van der Waals surface area contributed by atoms with Crippen molar-refractivity contribution in [3.8, 4) is 39.5 Å². The Labute approximate surface area is 159 Å². The van der Waals surface area contributed by atoms with E-state index in [9.17, 15) is 0 Å². The molecule has 0 saturated heterocycles. The van der Waals surface area contributed by atoms with Gasteiger partial charge in [-0.15, -0.1) is 10.2 Å². The zero-order valence-corrected chi connectivity index (χ0v) is 14.9. The molecule has 0 fully saturated rings.